The van der Waals surface area contributed by atoms with Gasteiger partial charge in [0, 0.05) is 11.6 Å². The lowest BCUT2D eigenvalue weighted by Crippen LogP contribution is -1.91. The summed E-state index contributed by atoms with van der Waals surface area (Å²) in [7, 11) is 1.58. The Morgan fingerprint density at radius 3 is 2.38 bits per heavy atom. The molecule has 0 spiro atoms. The second-order valence-corrected chi connectivity index (χ2v) is 3.76. The minimum Gasteiger partial charge on any atom is -0.480 e. The van der Waals surface area contributed by atoms with Crippen LogP contribution in [0.3, 0.4) is 0 Å². The van der Waals surface area contributed by atoms with Crippen LogP contribution in [0.25, 0.3) is 0 Å². The Labute approximate surface area is 99.5 Å². The minimum atomic E-state index is 0.567. The fourth-order valence-electron chi connectivity index (χ4n) is 0.888. The van der Waals surface area contributed by atoms with Crippen LogP contribution in [0, 0.1) is 6.92 Å². The quantitative estimate of drug-likeness (QED) is 0.805. The van der Waals surface area contributed by atoms with Gasteiger partial charge in [0.15, 0.2) is 0 Å². The van der Waals surface area contributed by atoms with E-state index in [4.69, 9.17) is 4.74 Å². The smallest absolute Gasteiger partial charge is 0.231 e. The number of aromatic nitrogens is 3. The van der Waals surface area contributed by atoms with Crippen LogP contribution >= 0.6 is 11.5 Å². The van der Waals surface area contributed by atoms with Gasteiger partial charge in [-0.1, -0.05) is 6.92 Å². The summed E-state index contributed by atoms with van der Waals surface area (Å²) in [5.74, 6) is 0.567. The van der Waals surface area contributed by atoms with E-state index in [1.165, 1.54) is 17.1 Å². The van der Waals surface area contributed by atoms with E-state index < -0.39 is 0 Å². The molecule has 0 aliphatic carbocycles. The molecule has 4 nitrogen and oxygen atoms in total. The van der Waals surface area contributed by atoms with Crippen LogP contribution in [0.15, 0.2) is 24.0 Å². The molecule has 0 unspecified atom stereocenters. The standard InChI is InChI=1S/C7H10N2O.C4H5NS/c1-3-6-4-9-7(10-2)5-8-6;1-4-2-5-6-3-4/h4-5H,3H2,1-2H3;2-3H,1H3. The zero-order valence-electron chi connectivity index (χ0n) is 9.67. The molecular weight excluding hydrogens is 222 g/mol. The van der Waals surface area contributed by atoms with Crippen molar-refractivity contribution in [1.82, 2.24) is 14.3 Å². The topological polar surface area (TPSA) is 47.9 Å². The molecular formula is C11H15N3OS. The Bertz CT molecular complexity index is 363. The van der Waals surface area contributed by atoms with Crippen LogP contribution in [0.1, 0.15) is 18.2 Å². The summed E-state index contributed by atoms with van der Waals surface area (Å²) in [6, 6.07) is 0. The highest BCUT2D eigenvalue weighted by molar-refractivity contribution is 7.03. The van der Waals surface area contributed by atoms with E-state index in [1.807, 2.05) is 25.4 Å². The highest BCUT2D eigenvalue weighted by Gasteiger charge is 1.92. The Morgan fingerprint density at radius 2 is 2.06 bits per heavy atom. The SMILES string of the molecule is CCc1cnc(OC)cn1.Cc1cnsc1. The van der Waals surface area contributed by atoms with Crippen molar-refractivity contribution >= 4 is 11.5 Å². The third-order valence-corrected chi connectivity index (χ3v) is 2.51. The molecule has 0 radical (unpaired) electrons. The van der Waals surface area contributed by atoms with Gasteiger partial charge in [0.25, 0.3) is 0 Å². The van der Waals surface area contributed by atoms with Crippen molar-refractivity contribution in [1.29, 1.82) is 0 Å². The maximum atomic E-state index is 4.84. The van der Waals surface area contributed by atoms with Gasteiger partial charge in [-0.2, -0.15) is 0 Å². The van der Waals surface area contributed by atoms with E-state index in [2.05, 4.69) is 14.3 Å². The summed E-state index contributed by atoms with van der Waals surface area (Å²) in [6.45, 7) is 4.07. The van der Waals surface area contributed by atoms with Crippen LogP contribution < -0.4 is 4.74 Å². The van der Waals surface area contributed by atoms with Crippen LogP contribution in [-0.4, -0.2) is 21.5 Å². The van der Waals surface area contributed by atoms with Crippen molar-refractivity contribution in [3.63, 3.8) is 0 Å². The second kappa shape index (κ2) is 6.90. The van der Waals surface area contributed by atoms with E-state index in [1.54, 1.807) is 19.5 Å². The van der Waals surface area contributed by atoms with Gasteiger partial charge in [-0.3, -0.25) is 4.98 Å². The van der Waals surface area contributed by atoms with Gasteiger partial charge < -0.3 is 4.74 Å². The molecule has 0 saturated heterocycles. The summed E-state index contributed by atoms with van der Waals surface area (Å²) in [6.07, 6.45) is 6.11. The average Bonchev–Trinajstić information content (AvgIpc) is 2.81. The second-order valence-electron chi connectivity index (χ2n) is 3.11. The summed E-state index contributed by atoms with van der Waals surface area (Å²) in [5.41, 5.74) is 2.24. The van der Waals surface area contributed by atoms with Gasteiger partial charge in [0.1, 0.15) is 0 Å². The first-order valence-corrected chi connectivity index (χ1v) is 5.80. The zero-order chi connectivity index (χ0) is 11.8. The molecule has 0 aromatic carbocycles. The van der Waals surface area contributed by atoms with Crippen LogP contribution in [-0.2, 0) is 6.42 Å². The molecule has 0 atom stereocenters. The van der Waals surface area contributed by atoms with Gasteiger partial charge in [0.05, 0.1) is 25.2 Å². The molecule has 2 aromatic heterocycles. The maximum absolute atomic E-state index is 4.84. The van der Waals surface area contributed by atoms with E-state index >= 15 is 0 Å². The first-order valence-electron chi connectivity index (χ1n) is 4.97. The molecule has 0 N–H and O–H groups in total. The predicted octanol–water partition coefficient (Wildman–Crippen LogP) is 2.50. The van der Waals surface area contributed by atoms with E-state index in [9.17, 15) is 0 Å². The lowest BCUT2D eigenvalue weighted by Gasteiger charge is -1.97. The zero-order valence-corrected chi connectivity index (χ0v) is 10.5. The number of hydrogen-bond acceptors (Lipinski definition) is 5. The highest BCUT2D eigenvalue weighted by Crippen LogP contribution is 2.02. The summed E-state index contributed by atoms with van der Waals surface area (Å²) in [5, 5.41) is 2.01. The van der Waals surface area contributed by atoms with Crippen molar-refractivity contribution in [3.05, 3.63) is 35.2 Å². The van der Waals surface area contributed by atoms with Gasteiger partial charge in [-0.25, -0.2) is 9.36 Å². The Morgan fingerprint density at radius 1 is 1.25 bits per heavy atom. The first kappa shape index (κ1) is 12.6. The number of rotatable bonds is 2. The van der Waals surface area contributed by atoms with Crippen LogP contribution in [0.4, 0.5) is 0 Å². The van der Waals surface area contributed by atoms with Crippen LogP contribution in [0.5, 0.6) is 5.88 Å². The van der Waals surface area contributed by atoms with E-state index in [-0.39, 0.29) is 0 Å². The number of ether oxygens (including phenoxy) is 1. The number of hydrogen-bond donors (Lipinski definition) is 0. The molecule has 5 heteroatoms. The fourth-order valence-corrected chi connectivity index (χ4v) is 1.40. The van der Waals surface area contributed by atoms with Crippen LogP contribution in [0.2, 0.25) is 0 Å². The number of nitrogens with zero attached hydrogens (tertiary/aromatic N) is 3. The molecule has 16 heavy (non-hydrogen) atoms. The predicted molar refractivity (Wildman–Crippen MR) is 64.8 cm³/mol. The third-order valence-electron chi connectivity index (χ3n) is 1.81. The molecule has 0 fully saturated rings. The monoisotopic (exact) mass is 237 g/mol. The molecule has 0 aliphatic heterocycles. The third kappa shape index (κ3) is 4.35. The van der Waals surface area contributed by atoms with E-state index in [0.717, 1.165) is 12.1 Å². The van der Waals surface area contributed by atoms with Gasteiger partial charge in [-0.15, -0.1) is 0 Å². The van der Waals surface area contributed by atoms with Crippen molar-refractivity contribution in [2.24, 2.45) is 0 Å². The molecule has 86 valence electrons. The van der Waals surface area contributed by atoms with Gasteiger partial charge in [-0.05, 0) is 30.4 Å². The largest absolute Gasteiger partial charge is 0.480 e. The molecule has 0 bridgehead atoms. The number of methoxy groups -OCH3 is 1. The molecule has 2 heterocycles. The lowest BCUT2D eigenvalue weighted by molar-refractivity contribution is 0.395. The van der Waals surface area contributed by atoms with E-state index in [0.29, 0.717) is 5.88 Å². The van der Waals surface area contributed by atoms with Crippen molar-refractivity contribution in [2.75, 3.05) is 7.11 Å². The Hall–Kier alpha value is -1.49. The molecule has 0 saturated carbocycles. The average molecular weight is 237 g/mol. The molecule has 2 rings (SSSR count). The molecule has 0 aliphatic rings. The fraction of sp³-hybridized carbons (Fsp3) is 0.364. The molecule has 2 aromatic rings. The molecule has 0 amide bonds. The normalized spacial score (nSPS) is 9.19. The number of aryl methyl sites for hydroxylation is 2. The Balaban J connectivity index is 0.000000181. The van der Waals surface area contributed by atoms with Gasteiger partial charge >= 0.3 is 0 Å². The van der Waals surface area contributed by atoms with Crippen molar-refractivity contribution < 1.29 is 4.74 Å². The first-order chi connectivity index (χ1) is 7.76. The minimum absolute atomic E-state index is 0.567. The Kier molecular flexibility index (Phi) is 5.42. The summed E-state index contributed by atoms with van der Waals surface area (Å²) >= 11 is 1.49. The van der Waals surface area contributed by atoms with Gasteiger partial charge in [0.2, 0.25) is 5.88 Å². The summed E-state index contributed by atoms with van der Waals surface area (Å²) < 4.78 is 8.70. The van der Waals surface area contributed by atoms with Crippen molar-refractivity contribution in [2.45, 2.75) is 20.3 Å². The van der Waals surface area contributed by atoms with Crippen molar-refractivity contribution in [3.8, 4) is 5.88 Å². The lowest BCUT2D eigenvalue weighted by atomic mass is 10.4. The maximum Gasteiger partial charge on any atom is 0.231 e. The summed E-state index contributed by atoms with van der Waals surface area (Å²) in [4.78, 5) is 8.06. The highest BCUT2D eigenvalue weighted by atomic mass is 32.1.